The van der Waals surface area contributed by atoms with Crippen LogP contribution in [0.4, 0.5) is 17.6 Å². The van der Waals surface area contributed by atoms with Crippen LogP contribution >= 0.6 is 58.0 Å². The van der Waals surface area contributed by atoms with Gasteiger partial charge in [-0.2, -0.15) is 0 Å². The molecular formula is C60H61Cl5F4N4. The number of halogens is 9. The number of hydrogen-bond acceptors (Lipinski definition) is 4. The average molecular weight is 1090 g/mol. The van der Waals surface area contributed by atoms with E-state index in [1.165, 1.54) is 54.1 Å². The van der Waals surface area contributed by atoms with E-state index in [-0.39, 0.29) is 17.2 Å². The highest BCUT2D eigenvalue weighted by molar-refractivity contribution is 6.36. The van der Waals surface area contributed by atoms with Crippen LogP contribution in [-0.4, -0.2) is 19.9 Å². The zero-order chi connectivity index (χ0) is 54.7. The normalized spacial score (nSPS) is 9.30. The van der Waals surface area contributed by atoms with Crippen LogP contribution in [0.2, 0.25) is 25.1 Å². The minimum Gasteiger partial charge on any atom is -0.265 e. The molecule has 0 radical (unpaired) electrons. The maximum Gasteiger partial charge on any atom is 0.144 e. The predicted octanol–water partition coefficient (Wildman–Crippen LogP) is 19.7. The topological polar surface area (TPSA) is 51.6 Å². The van der Waals surface area contributed by atoms with Crippen molar-refractivity contribution in [3.8, 4) is 0 Å². The van der Waals surface area contributed by atoms with Crippen LogP contribution in [-0.2, 0) is 0 Å². The van der Waals surface area contributed by atoms with E-state index in [9.17, 15) is 17.6 Å². The van der Waals surface area contributed by atoms with Crippen molar-refractivity contribution in [2.75, 3.05) is 0 Å². The van der Waals surface area contributed by atoms with Gasteiger partial charge in [-0.05, 0) is 187 Å². The Labute approximate surface area is 455 Å². The summed E-state index contributed by atoms with van der Waals surface area (Å²) in [5, 5.41) is 3.65. The molecule has 0 atom stereocenters. The third-order valence-corrected chi connectivity index (χ3v) is 11.5. The second kappa shape index (κ2) is 37.6. The first-order valence-corrected chi connectivity index (χ1v) is 24.4. The van der Waals surface area contributed by atoms with Gasteiger partial charge in [0.25, 0.3) is 0 Å². The minimum absolute atomic E-state index is 0.0810. The third kappa shape index (κ3) is 29.9. The fourth-order valence-corrected chi connectivity index (χ4v) is 5.69. The molecule has 9 rings (SSSR count). The van der Waals surface area contributed by atoms with Crippen LogP contribution in [0.5, 0.6) is 0 Å². The number of nitrogens with zero attached hydrogens (tertiary/aromatic N) is 4. The van der Waals surface area contributed by atoms with Crippen molar-refractivity contribution in [2.45, 2.75) is 69.2 Å². The lowest BCUT2D eigenvalue weighted by Gasteiger charge is -1.96. The lowest BCUT2D eigenvalue weighted by atomic mass is 10.1. The molecule has 384 valence electrons. The summed E-state index contributed by atoms with van der Waals surface area (Å²) >= 11 is 28.3. The van der Waals surface area contributed by atoms with Gasteiger partial charge in [-0.1, -0.05) is 137 Å². The first-order chi connectivity index (χ1) is 34.6. The Bertz CT molecular complexity index is 2480. The van der Waals surface area contributed by atoms with Gasteiger partial charge in [-0.15, -0.1) is 0 Å². The Morgan fingerprint density at radius 1 is 0.329 bits per heavy atom. The Morgan fingerprint density at radius 3 is 1.05 bits per heavy atom. The monoisotopic (exact) mass is 1090 g/mol. The Morgan fingerprint density at radius 2 is 0.753 bits per heavy atom. The van der Waals surface area contributed by atoms with Gasteiger partial charge in [0.15, 0.2) is 0 Å². The number of aryl methyl sites for hydroxylation is 8. The number of benzene rings is 6. The summed E-state index contributed by atoms with van der Waals surface area (Å²) in [6.07, 6.45) is 9.71. The van der Waals surface area contributed by atoms with Crippen LogP contribution in [0.25, 0.3) is 0 Å². The second-order valence-corrected chi connectivity index (χ2v) is 17.8. The molecular weight excluding hydrogens is 1030 g/mol. The van der Waals surface area contributed by atoms with E-state index in [1.54, 1.807) is 75.2 Å². The van der Waals surface area contributed by atoms with E-state index in [4.69, 9.17) is 58.0 Å². The lowest BCUT2D eigenvalue weighted by molar-refractivity contribution is 0.568. The molecule has 9 aromatic rings. The van der Waals surface area contributed by atoms with Crippen LogP contribution in [0.1, 0.15) is 55.8 Å². The molecule has 0 fully saturated rings. The van der Waals surface area contributed by atoms with E-state index in [2.05, 4.69) is 58.0 Å². The first kappa shape index (κ1) is 64.9. The smallest absolute Gasteiger partial charge is 0.144 e. The van der Waals surface area contributed by atoms with E-state index in [0.29, 0.717) is 21.2 Å². The van der Waals surface area contributed by atoms with Crippen molar-refractivity contribution in [1.82, 2.24) is 19.9 Å². The first-order valence-electron chi connectivity index (χ1n) is 22.5. The zero-order valence-electron chi connectivity index (χ0n) is 42.6. The molecule has 4 nitrogen and oxygen atoms in total. The highest BCUT2D eigenvalue weighted by Crippen LogP contribution is 2.22. The van der Waals surface area contributed by atoms with Gasteiger partial charge in [0, 0.05) is 61.2 Å². The van der Waals surface area contributed by atoms with Crippen molar-refractivity contribution in [3.63, 3.8) is 0 Å². The molecule has 0 aliphatic carbocycles. The number of pyridine rings is 2. The zero-order valence-corrected chi connectivity index (χ0v) is 46.4. The summed E-state index contributed by atoms with van der Waals surface area (Å²) < 4.78 is 49.3. The molecule has 73 heavy (non-hydrogen) atoms. The molecule has 0 bridgehead atoms. The van der Waals surface area contributed by atoms with Gasteiger partial charge in [0.2, 0.25) is 0 Å². The molecule has 13 heteroatoms. The maximum absolute atomic E-state index is 12.3. The molecule has 3 aromatic heterocycles. The third-order valence-electron chi connectivity index (χ3n) is 9.75. The van der Waals surface area contributed by atoms with Crippen molar-refractivity contribution in [2.24, 2.45) is 0 Å². The summed E-state index contributed by atoms with van der Waals surface area (Å²) in [5.41, 5.74) is 9.70. The summed E-state index contributed by atoms with van der Waals surface area (Å²) in [4.78, 5) is 15.2. The van der Waals surface area contributed by atoms with Crippen molar-refractivity contribution >= 4 is 58.0 Å². The number of hydrogen-bond donors (Lipinski definition) is 0. The molecule has 3 heterocycles. The SMILES string of the molecule is Cc1c(Cl)cccc1Cl.Cc1c(F)cccc1F.Cc1ccccc1C.Cc1ccccc1Cl.Cc1ccccc1F.Cc1ccncc1.Cc1ccncc1F.Cc1cncnc1C.Clc1cccc(Cl)c1. The van der Waals surface area contributed by atoms with E-state index in [0.717, 1.165) is 37.5 Å². The van der Waals surface area contributed by atoms with Gasteiger partial charge >= 0.3 is 0 Å². The highest BCUT2D eigenvalue weighted by Gasteiger charge is 2.00. The molecule has 0 aliphatic heterocycles. The standard InChI is InChI=1S/C8H10.C7H6Cl2.C7H7Cl.C7H6F2.C7H7F.C6H4Cl2.C6H6FN.C6H8N2.C6H7N/c1-7-5-3-4-6-8(7)2;1-5-6(8)3-2-4-7(5)9;1-6-4-2-3-5-7(6)8;1-5-6(8)3-2-4-7(5)9;1-6-4-2-3-5-7(6)8;7-5-2-1-3-6(8)4-5;1-5-2-3-8-4-6(5)7;1-5-3-7-4-8-6(5)2;1-6-2-4-7-5-3-6/h3-6H,1-2H3;2-4H,1H3;2-5H,1H3;2-4H,1H3;2-5H,1H3;1-4H;2-4H,1H3;3-4H,1-2H3;2-5H,1H3. The Hall–Kier alpha value is -6.13. The molecule has 0 amide bonds. The largest absolute Gasteiger partial charge is 0.265 e. The summed E-state index contributed by atoms with van der Waals surface area (Å²) in [6, 6.07) is 44.8. The molecule has 6 aromatic carbocycles. The number of rotatable bonds is 0. The maximum atomic E-state index is 12.3. The quantitative estimate of drug-likeness (QED) is 0.142. The number of aromatic nitrogens is 4. The van der Waals surface area contributed by atoms with Gasteiger partial charge in [-0.25, -0.2) is 27.5 Å². The van der Waals surface area contributed by atoms with Gasteiger partial charge in [-0.3, -0.25) is 9.97 Å². The molecule has 0 spiro atoms. The lowest BCUT2D eigenvalue weighted by Crippen LogP contribution is -1.85. The Balaban J connectivity index is 0.000000411. The van der Waals surface area contributed by atoms with Gasteiger partial charge < -0.3 is 0 Å². The van der Waals surface area contributed by atoms with Crippen LogP contribution < -0.4 is 0 Å². The van der Waals surface area contributed by atoms with Crippen LogP contribution in [0, 0.1) is 92.5 Å². The van der Waals surface area contributed by atoms with Crippen molar-refractivity contribution in [3.05, 3.63) is 293 Å². The fourth-order valence-electron chi connectivity index (χ4n) is 4.72. The Kier molecular flexibility index (Phi) is 33.4. The minimum atomic E-state index is -0.491. The van der Waals surface area contributed by atoms with Crippen molar-refractivity contribution in [1.29, 1.82) is 0 Å². The molecule has 0 aliphatic rings. The van der Waals surface area contributed by atoms with Crippen molar-refractivity contribution < 1.29 is 17.6 Å². The molecule has 0 unspecified atom stereocenters. The van der Waals surface area contributed by atoms with E-state index in [1.807, 2.05) is 108 Å². The molecule has 0 N–H and O–H groups in total. The van der Waals surface area contributed by atoms with Gasteiger partial charge in [0.05, 0.1) is 6.20 Å². The summed E-state index contributed by atoms with van der Waals surface area (Å²) in [6.45, 7) is 19.0. The average Bonchev–Trinajstić information content (AvgIpc) is 3.36. The van der Waals surface area contributed by atoms with Gasteiger partial charge in [0.1, 0.15) is 29.6 Å². The molecule has 0 saturated carbocycles. The van der Waals surface area contributed by atoms with Crippen LogP contribution in [0.15, 0.2) is 189 Å². The summed E-state index contributed by atoms with van der Waals surface area (Å²) in [7, 11) is 0. The highest BCUT2D eigenvalue weighted by atomic mass is 35.5. The predicted molar refractivity (Wildman–Crippen MR) is 301 cm³/mol. The second-order valence-electron chi connectivity index (χ2n) is 15.7. The summed E-state index contributed by atoms with van der Waals surface area (Å²) in [5.74, 6) is -1.36. The van der Waals surface area contributed by atoms with E-state index < -0.39 is 11.6 Å². The van der Waals surface area contributed by atoms with Crippen LogP contribution in [0.3, 0.4) is 0 Å². The molecule has 0 saturated heterocycles. The van der Waals surface area contributed by atoms with E-state index >= 15 is 0 Å². The fraction of sp³-hybridized carbons (Fsp3) is 0.167.